The highest BCUT2D eigenvalue weighted by molar-refractivity contribution is 6.29. The summed E-state index contributed by atoms with van der Waals surface area (Å²) in [7, 11) is 0. The maximum Gasteiger partial charge on any atom is 0.414 e. The molecule has 0 spiro atoms. The van der Waals surface area contributed by atoms with Crippen molar-refractivity contribution in [2.75, 3.05) is 42.5 Å². The predicted molar refractivity (Wildman–Crippen MR) is 116 cm³/mol. The summed E-state index contributed by atoms with van der Waals surface area (Å²) in [4.78, 5) is 26.1. The Balaban J connectivity index is 0.00000155. The second-order valence-electron chi connectivity index (χ2n) is 6.52. The third kappa shape index (κ3) is 6.09. The van der Waals surface area contributed by atoms with Gasteiger partial charge in [-0.3, -0.25) is 14.7 Å². The summed E-state index contributed by atoms with van der Waals surface area (Å²) in [5.74, 6) is -0.681. The Labute approximate surface area is 180 Å². The van der Waals surface area contributed by atoms with Crippen LogP contribution in [0.15, 0.2) is 34.9 Å². The van der Waals surface area contributed by atoms with Crippen molar-refractivity contribution >= 4 is 41.3 Å². The lowest BCUT2D eigenvalue weighted by Crippen LogP contribution is -2.38. The number of benzene rings is 1. The fraction of sp³-hybridized carbons (Fsp3) is 0.450. The number of halogens is 2. The fourth-order valence-corrected chi connectivity index (χ4v) is 3.11. The van der Waals surface area contributed by atoms with Crippen LogP contribution in [-0.2, 0) is 9.53 Å². The second kappa shape index (κ2) is 10.8. The van der Waals surface area contributed by atoms with Crippen LogP contribution < -0.4 is 15.1 Å². The predicted octanol–water partition coefficient (Wildman–Crippen LogP) is 3.13. The first-order valence-electron chi connectivity index (χ1n) is 9.74. The Morgan fingerprint density at radius 2 is 2.13 bits per heavy atom. The average molecular weight is 440 g/mol. The number of carbonyl (C=O) groups is 2. The van der Waals surface area contributed by atoms with Crippen molar-refractivity contribution in [2.24, 2.45) is 5.10 Å². The molecule has 2 amide bonds. The number of carbonyl (C=O) groups excluding carboxylic acids is 2. The molecular formula is C20H27ClFN5O3. The summed E-state index contributed by atoms with van der Waals surface area (Å²) < 4.78 is 19.9. The molecule has 1 fully saturated rings. The number of rotatable bonds is 6. The molecule has 1 atom stereocenters. The first kappa shape index (κ1) is 23.5. The summed E-state index contributed by atoms with van der Waals surface area (Å²) in [6.07, 6.45) is 0.490. The Hall–Kier alpha value is -2.81. The molecule has 1 unspecified atom stereocenters. The molecule has 30 heavy (non-hydrogen) atoms. The summed E-state index contributed by atoms with van der Waals surface area (Å²) in [5, 5.41) is 9.06. The van der Waals surface area contributed by atoms with E-state index in [2.05, 4.69) is 17.0 Å². The van der Waals surface area contributed by atoms with E-state index in [4.69, 9.17) is 16.3 Å². The lowest BCUT2D eigenvalue weighted by Gasteiger charge is -2.30. The van der Waals surface area contributed by atoms with E-state index in [-0.39, 0.29) is 19.0 Å². The molecule has 1 aromatic rings. The third-order valence-electron chi connectivity index (χ3n) is 4.31. The van der Waals surface area contributed by atoms with Gasteiger partial charge in [0.2, 0.25) is 5.91 Å². The smallest absolute Gasteiger partial charge is 0.414 e. The molecule has 1 saturated heterocycles. The minimum Gasteiger partial charge on any atom is -0.442 e. The van der Waals surface area contributed by atoms with Gasteiger partial charge in [0.1, 0.15) is 18.3 Å². The third-order valence-corrected chi connectivity index (χ3v) is 4.43. The number of ether oxygens (including phenoxy) is 1. The van der Waals surface area contributed by atoms with Crippen LogP contribution in [0.2, 0.25) is 0 Å². The van der Waals surface area contributed by atoms with Crippen molar-refractivity contribution < 1.29 is 18.7 Å². The van der Waals surface area contributed by atoms with Gasteiger partial charge in [0.05, 0.1) is 37.6 Å². The lowest BCUT2D eigenvalue weighted by molar-refractivity contribution is -0.119. The van der Waals surface area contributed by atoms with Crippen LogP contribution in [0.25, 0.3) is 0 Å². The highest BCUT2D eigenvalue weighted by atomic mass is 35.5. The molecular weight excluding hydrogens is 413 g/mol. The molecule has 0 radical (unpaired) electrons. The maximum absolute atomic E-state index is 14.7. The number of nitrogens with one attached hydrogen (secondary N) is 1. The number of cyclic esters (lactones) is 1. The first-order valence-corrected chi connectivity index (χ1v) is 10.1. The standard InChI is InChI=1S/C18H21ClFN5O3.C2H6/c1-12(19)9-24-6-5-23(11-22-24)17-4-3-14(7-16(17)20)25-10-15(28-18(25)27)8-21-13(2)26;1-2/h3-4,7,11,15H,1,5-6,8-10H2,2H3,(H,21,26);1-2H3. The number of anilines is 2. The molecule has 1 aromatic carbocycles. The molecule has 3 rings (SSSR count). The average Bonchev–Trinajstić information content (AvgIpc) is 3.09. The van der Waals surface area contributed by atoms with Gasteiger partial charge in [-0.25, -0.2) is 9.18 Å². The Morgan fingerprint density at radius 3 is 2.70 bits per heavy atom. The molecule has 8 nitrogen and oxygen atoms in total. The summed E-state index contributed by atoms with van der Waals surface area (Å²) >= 11 is 5.78. The number of nitrogens with zero attached hydrogens (tertiary/aromatic N) is 4. The summed E-state index contributed by atoms with van der Waals surface area (Å²) in [6.45, 7) is 11.0. The summed E-state index contributed by atoms with van der Waals surface area (Å²) in [6, 6.07) is 4.54. The van der Waals surface area contributed by atoms with Crippen LogP contribution in [0.5, 0.6) is 0 Å². The highest BCUT2D eigenvalue weighted by Gasteiger charge is 2.33. The number of hydrogen-bond donors (Lipinski definition) is 1. The van der Waals surface area contributed by atoms with E-state index in [0.717, 1.165) is 0 Å². The van der Waals surface area contributed by atoms with Crippen molar-refractivity contribution in [2.45, 2.75) is 26.9 Å². The van der Waals surface area contributed by atoms with Crippen LogP contribution in [0.4, 0.5) is 20.6 Å². The SMILES string of the molecule is C=C(Cl)CN1CCN(c2ccc(N3CC(CNC(C)=O)OC3=O)cc2F)C=N1.CC. The van der Waals surface area contributed by atoms with Gasteiger partial charge >= 0.3 is 6.09 Å². The molecule has 0 saturated carbocycles. The van der Waals surface area contributed by atoms with Crippen molar-refractivity contribution in [1.82, 2.24) is 10.3 Å². The van der Waals surface area contributed by atoms with E-state index in [0.29, 0.717) is 36.0 Å². The highest BCUT2D eigenvalue weighted by Crippen LogP contribution is 2.28. The Morgan fingerprint density at radius 1 is 1.40 bits per heavy atom. The van der Waals surface area contributed by atoms with Crippen molar-refractivity contribution in [3.8, 4) is 0 Å². The van der Waals surface area contributed by atoms with Gasteiger partial charge < -0.3 is 15.0 Å². The van der Waals surface area contributed by atoms with Crippen LogP contribution in [0, 0.1) is 5.82 Å². The molecule has 2 heterocycles. The Kier molecular flexibility index (Phi) is 8.46. The molecule has 1 N–H and O–H groups in total. The number of hydrazone groups is 1. The van der Waals surface area contributed by atoms with E-state index >= 15 is 0 Å². The van der Waals surface area contributed by atoms with Gasteiger partial charge in [-0.15, -0.1) is 0 Å². The molecule has 164 valence electrons. The van der Waals surface area contributed by atoms with Gasteiger partial charge in [0.25, 0.3) is 0 Å². The topological polar surface area (TPSA) is 77.5 Å². The summed E-state index contributed by atoms with van der Waals surface area (Å²) in [5.41, 5.74) is 0.754. The molecule has 0 aromatic heterocycles. The van der Waals surface area contributed by atoms with Crippen molar-refractivity contribution in [3.05, 3.63) is 35.6 Å². The molecule has 0 aliphatic carbocycles. The molecule has 10 heteroatoms. The zero-order valence-corrected chi connectivity index (χ0v) is 18.2. The molecule has 0 bridgehead atoms. The lowest BCUT2D eigenvalue weighted by atomic mass is 10.2. The van der Waals surface area contributed by atoms with Gasteiger partial charge in [0, 0.05) is 18.5 Å². The number of hydrogen-bond acceptors (Lipinski definition) is 6. The van der Waals surface area contributed by atoms with E-state index < -0.39 is 18.0 Å². The van der Waals surface area contributed by atoms with Crippen LogP contribution in [0.1, 0.15) is 20.8 Å². The fourth-order valence-electron chi connectivity index (χ4n) is 2.97. The first-order chi connectivity index (χ1) is 14.3. The van der Waals surface area contributed by atoms with Crippen LogP contribution in [0.3, 0.4) is 0 Å². The van der Waals surface area contributed by atoms with Gasteiger partial charge in [0.15, 0.2) is 0 Å². The zero-order valence-electron chi connectivity index (χ0n) is 17.4. The minimum absolute atomic E-state index is 0.206. The number of amides is 2. The Bertz CT molecular complexity index is 820. The van der Waals surface area contributed by atoms with Crippen molar-refractivity contribution in [3.63, 3.8) is 0 Å². The minimum atomic E-state index is -0.570. The maximum atomic E-state index is 14.7. The quantitative estimate of drug-likeness (QED) is 0.736. The van der Waals surface area contributed by atoms with E-state index in [1.54, 1.807) is 22.0 Å². The van der Waals surface area contributed by atoms with Gasteiger partial charge in [-0.05, 0) is 18.2 Å². The zero-order chi connectivity index (χ0) is 22.3. The molecule has 2 aliphatic heterocycles. The van der Waals surface area contributed by atoms with Gasteiger partial charge in [-0.1, -0.05) is 32.0 Å². The largest absolute Gasteiger partial charge is 0.442 e. The normalized spacial score (nSPS) is 18.0. The van der Waals surface area contributed by atoms with Crippen molar-refractivity contribution in [1.29, 1.82) is 0 Å². The van der Waals surface area contributed by atoms with Crippen LogP contribution >= 0.6 is 11.6 Å². The van der Waals surface area contributed by atoms with E-state index in [9.17, 15) is 14.0 Å². The van der Waals surface area contributed by atoms with E-state index in [1.165, 1.54) is 24.2 Å². The monoisotopic (exact) mass is 439 g/mol. The van der Waals surface area contributed by atoms with E-state index in [1.807, 2.05) is 13.8 Å². The van der Waals surface area contributed by atoms with Gasteiger partial charge in [-0.2, -0.15) is 5.10 Å². The second-order valence-corrected chi connectivity index (χ2v) is 7.05. The molecule has 2 aliphatic rings. The van der Waals surface area contributed by atoms with Crippen LogP contribution in [-0.4, -0.2) is 62.2 Å².